The second kappa shape index (κ2) is 5.67. The summed E-state index contributed by atoms with van der Waals surface area (Å²) < 4.78 is 0. The maximum atomic E-state index is 2.43. The first kappa shape index (κ1) is 11.1. The topological polar surface area (TPSA) is 0 Å². The van der Waals surface area contributed by atoms with Crippen LogP contribution in [0.5, 0.6) is 0 Å². The van der Waals surface area contributed by atoms with Crippen LogP contribution in [0.2, 0.25) is 0 Å². The predicted octanol–water partition coefficient (Wildman–Crippen LogP) is 4.64. The van der Waals surface area contributed by atoms with Crippen LogP contribution in [0, 0.1) is 17.8 Å². The molecule has 0 saturated heterocycles. The van der Waals surface area contributed by atoms with Gasteiger partial charge in [-0.05, 0) is 24.2 Å². The van der Waals surface area contributed by atoms with Crippen molar-refractivity contribution in [2.24, 2.45) is 17.8 Å². The molecule has 1 rings (SSSR count). The van der Waals surface area contributed by atoms with Gasteiger partial charge in [0.1, 0.15) is 0 Å². The molecule has 0 aliphatic heterocycles. The van der Waals surface area contributed by atoms with Gasteiger partial charge in [0, 0.05) is 0 Å². The van der Waals surface area contributed by atoms with E-state index < -0.39 is 0 Å². The minimum absolute atomic E-state index is 0.975. The minimum Gasteiger partial charge on any atom is -0.0654 e. The van der Waals surface area contributed by atoms with Crippen LogP contribution >= 0.6 is 0 Å². The quantitative estimate of drug-likeness (QED) is 0.594. The lowest BCUT2D eigenvalue weighted by Gasteiger charge is -2.28. The smallest absolute Gasteiger partial charge is 0.0412 e. The Kier molecular flexibility index (Phi) is 4.83. The van der Waals surface area contributed by atoms with Crippen molar-refractivity contribution in [1.82, 2.24) is 0 Å². The Morgan fingerprint density at radius 3 is 2.31 bits per heavy atom. The zero-order chi connectivity index (χ0) is 9.68. The Bertz CT molecular complexity index is 120. The lowest BCUT2D eigenvalue weighted by atomic mass is 9.78. The summed E-state index contributed by atoms with van der Waals surface area (Å²) in [7, 11) is 0. The van der Waals surface area contributed by atoms with Gasteiger partial charge in [0.15, 0.2) is 0 Å². The maximum Gasteiger partial charge on any atom is -0.0412 e. The lowest BCUT2D eigenvalue weighted by molar-refractivity contribution is 0.246. The molecule has 1 atom stereocenters. The van der Waals surface area contributed by atoms with Gasteiger partial charge in [-0.25, -0.2) is 0 Å². The molecule has 1 saturated carbocycles. The van der Waals surface area contributed by atoms with Crippen LogP contribution in [-0.2, 0) is 0 Å². The third-order valence-electron chi connectivity index (χ3n) is 3.65. The number of hydrogen-bond donors (Lipinski definition) is 0. The van der Waals surface area contributed by atoms with Crippen molar-refractivity contribution in [1.29, 1.82) is 0 Å². The first-order valence-electron chi connectivity index (χ1n) is 6.22. The minimum atomic E-state index is 0.975. The fraction of sp³-hybridized carbons (Fsp3) is 1.00. The summed E-state index contributed by atoms with van der Waals surface area (Å²) in [6.07, 6.45) is 10.3. The Balaban J connectivity index is 2.14. The van der Waals surface area contributed by atoms with Gasteiger partial charge in [0.2, 0.25) is 0 Å². The van der Waals surface area contributed by atoms with Crippen molar-refractivity contribution < 1.29 is 0 Å². The van der Waals surface area contributed by atoms with Gasteiger partial charge < -0.3 is 0 Å². The van der Waals surface area contributed by atoms with Gasteiger partial charge in [-0.3, -0.25) is 0 Å². The number of hydrogen-bond acceptors (Lipinski definition) is 0. The van der Waals surface area contributed by atoms with Gasteiger partial charge in [0.05, 0.1) is 0 Å². The highest BCUT2D eigenvalue weighted by Gasteiger charge is 2.19. The van der Waals surface area contributed by atoms with Crippen LogP contribution in [0.1, 0.15) is 65.7 Å². The normalized spacial score (nSPS) is 31.6. The van der Waals surface area contributed by atoms with Crippen molar-refractivity contribution in [2.45, 2.75) is 65.7 Å². The molecule has 0 bridgehead atoms. The molecule has 0 spiro atoms. The molecular formula is C13H26. The molecule has 78 valence electrons. The van der Waals surface area contributed by atoms with Crippen LogP contribution < -0.4 is 0 Å². The molecule has 0 heterocycles. The van der Waals surface area contributed by atoms with E-state index in [0.29, 0.717) is 0 Å². The van der Waals surface area contributed by atoms with E-state index in [4.69, 9.17) is 0 Å². The predicted molar refractivity (Wildman–Crippen MR) is 59.8 cm³/mol. The van der Waals surface area contributed by atoms with Crippen LogP contribution in [0.25, 0.3) is 0 Å². The molecule has 1 aliphatic carbocycles. The van der Waals surface area contributed by atoms with Crippen molar-refractivity contribution in [3.63, 3.8) is 0 Å². The highest BCUT2D eigenvalue weighted by atomic mass is 14.2. The summed E-state index contributed by atoms with van der Waals surface area (Å²) in [6.45, 7) is 7.15. The summed E-state index contributed by atoms with van der Waals surface area (Å²) >= 11 is 0. The monoisotopic (exact) mass is 182 g/mol. The molecule has 1 fully saturated rings. The van der Waals surface area contributed by atoms with Crippen LogP contribution in [-0.4, -0.2) is 0 Å². The molecule has 0 aromatic rings. The molecular weight excluding hydrogens is 156 g/mol. The third kappa shape index (κ3) is 4.15. The van der Waals surface area contributed by atoms with Gasteiger partial charge in [-0.1, -0.05) is 59.3 Å². The average molecular weight is 182 g/mol. The highest BCUT2D eigenvalue weighted by Crippen LogP contribution is 2.33. The molecule has 0 nitrogen and oxygen atoms in total. The van der Waals surface area contributed by atoms with E-state index in [9.17, 15) is 0 Å². The first-order valence-corrected chi connectivity index (χ1v) is 6.22. The van der Waals surface area contributed by atoms with Crippen molar-refractivity contribution >= 4 is 0 Å². The number of rotatable bonds is 4. The van der Waals surface area contributed by atoms with E-state index in [2.05, 4.69) is 20.8 Å². The molecule has 13 heavy (non-hydrogen) atoms. The van der Waals surface area contributed by atoms with Crippen LogP contribution in [0.4, 0.5) is 0 Å². The fourth-order valence-electron chi connectivity index (χ4n) is 2.74. The summed E-state index contributed by atoms with van der Waals surface area (Å²) in [4.78, 5) is 0. The van der Waals surface area contributed by atoms with Crippen LogP contribution in [0.15, 0.2) is 0 Å². The average Bonchev–Trinajstić information content (AvgIpc) is 2.09. The standard InChI is InChI=1S/C13H26/c1-4-5-12(3)10-13-8-6-11(2)7-9-13/h11-13H,4-10H2,1-3H3. The zero-order valence-corrected chi connectivity index (χ0v) is 9.68. The second-order valence-electron chi connectivity index (χ2n) is 5.26. The summed E-state index contributed by atoms with van der Waals surface area (Å²) in [5.74, 6) is 3.05. The lowest BCUT2D eigenvalue weighted by Crippen LogP contribution is -2.14. The third-order valence-corrected chi connectivity index (χ3v) is 3.65. The summed E-state index contributed by atoms with van der Waals surface area (Å²) in [5, 5.41) is 0. The Hall–Kier alpha value is 0. The fourth-order valence-corrected chi connectivity index (χ4v) is 2.74. The van der Waals surface area contributed by atoms with E-state index in [1.165, 1.54) is 44.9 Å². The summed E-state index contributed by atoms with van der Waals surface area (Å²) in [6, 6.07) is 0. The van der Waals surface area contributed by atoms with E-state index in [0.717, 1.165) is 17.8 Å². The second-order valence-corrected chi connectivity index (χ2v) is 5.26. The van der Waals surface area contributed by atoms with E-state index >= 15 is 0 Å². The molecule has 0 N–H and O–H groups in total. The highest BCUT2D eigenvalue weighted by molar-refractivity contribution is 4.71. The van der Waals surface area contributed by atoms with Crippen LogP contribution in [0.3, 0.4) is 0 Å². The molecule has 0 radical (unpaired) electrons. The van der Waals surface area contributed by atoms with Gasteiger partial charge in [-0.15, -0.1) is 0 Å². The van der Waals surface area contributed by atoms with Crippen molar-refractivity contribution in [3.05, 3.63) is 0 Å². The molecule has 1 unspecified atom stereocenters. The van der Waals surface area contributed by atoms with Gasteiger partial charge in [-0.2, -0.15) is 0 Å². The maximum absolute atomic E-state index is 2.43. The largest absolute Gasteiger partial charge is 0.0654 e. The zero-order valence-electron chi connectivity index (χ0n) is 9.68. The Morgan fingerprint density at radius 1 is 1.15 bits per heavy atom. The molecule has 1 aliphatic rings. The Labute approximate surface area is 84.1 Å². The van der Waals surface area contributed by atoms with E-state index in [-0.39, 0.29) is 0 Å². The van der Waals surface area contributed by atoms with E-state index in [1.807, 2.05) is 0 Å². The van der Waals surface area contributed by atoms with Gasteiger partial charge >= 0.3 is 0 Å². The SMILES string of the molecule is CCCC(C)CC1CCC(C)CC1. The summed E-state index contributed by atoms with van der Waals surface area (Å²) in [5.41, 5.74) is 0. The first-order chi connectivity index (χ1) is 6.22. The molecule has 0 heteroatoms. The molecule has 0 aromatic carbocycles. The van der Waals surface area contributed by atoms with Gasteiger partial charge in [0.25, 0.3) is 0 Å². The van der Waals surface area contributed by atoms with Crippen molar-refractivity contribution in [3.8, 4) is 0 Å². The molecule has 0 aromatic heterocycles. The Morgan fingerprint density at radius 2 is 1.77 bits per heavy atom. The molecule has 0 amide bonds. The van der Waals surface area contributed by atoms with Crippen molar-refractivity contribution in [2.75, 3.05) is 0 Å². The van der Waals surface area contributed by atoms with E-state index in [1.54, 1.807) is 0 Å².